The maximum atomic E-state index is 8.87. The van der Waals surface area contributed by atoms with Crippen LogP contribution in [0.25, 0.3) is 0 Å². The van der Waals surface area contributed by atoms with Gasteiger partial charge in [0.15, 0.2) is 0 Å². The van der Waals surface area contributed by atoms with Crippen molar-refractivity contribution in [1.29, 1.82) is 5.26 Å². The average molecular weight is 280 g/mol. The maximum absolute atomic E-state index is 8.87. The second-order valence-corrected chi connectivity index (χ2v) is 4.78. The van der Waals surface area contributed by atoms with Gasteiger partial charge in [0.25, 0.3) is 0 Å². The lowest BCUT2D eigenvalue weighted by Crippen LogP contribution is -1.98. The van der Waals surface area contributed by atoms with Gasteiger partial charge < -0.3 is 9.88 Å². The number of nitrogens with zero attached hydrogens (tertiary/aromatic N) is 2. The summed E-state index contributed by atoms with van der Waals surface area (Å²) in [6, 6.07) is 9.23. The Morgan fingerprint density at radius 1 is 1.33 bits per heavy atom. The number of nitriles is 1. The Morgan fingerprint density at radius 2 is 2.11 bits per heavy atom. The smallest absolute Gasteiger partial charge is 0.120 e. The summed E-state index contributed by atoms with van der Waals surface area (Å²) in [5, 5.41) is 13.3. The molecular formula is C13H11Cl2N3. The van der Waals surface area contributed by atoms with Crippen molar-refractivity contribution >= 4 is 28.9 Å². The Hall–Kier alpha value is -1.63. The van der Waals surface area contributed by atoms with Gasteiger partial charge in [0.1, 0.15) is 11.8 Å². The molecule has 92 valence electrons. The van der Waals surface area contributed by atoms with Crippen molar-refractivity contribution in [1.82, 2.24) is 4.57 Å². The minimum Gasteiger partial charge on any atom is -0.380 e. The maximum Gasteiger partial charge on any atom is 0.120 e. The van der Waals surface area contributed by atoms with E-state index in [0.29, 0.717) is 22.3 Å². The normalized spacial score (nSPS) is 10.1. The summed E-state index contributed by atoms with van der Waals surface area (Å²) in [5.74, 6) is 0. The molecule has 0 saturated heterocycles. The Bertz CT molecular complexity index is 611. The second kappa shape index (κ2) is 5.34. The van der Waals surface area contributed by atoms with Crippen LogP contribution < -0.4 is 5.32 Å². The third-order valence-electron chi connectivity index (χ3n) is 2.59. The summed E-state index contributed by atoms with van der Waals surface area (Å²) in [5.41, 5.74) is 2.43. The molecule has 5 heteroatoms. The van der Waals surface area contributed by atoms with Crippen molar-refractivity contribution in [3.8, 4) is 6.07 Å². The highest BCUT2D eigenvalue weighted by molar-refractivity contribution is 6.35. The van der Waals surface area contributed by atoms with Gasteiger partial charge in [-0.25, -0.2) is 0 Å². The molecule has 0 unspecified atom stereocenters. The molecule has 0 atom stereocenters. The third-order valence-corrected chi connectivity index (χ3v) is 3.15. The first-order chi connectivity index (χ1) is 8.60. The van der Waals surface area contributed by atoms with Crippen molar-refractivity contribution in [2.24, 2.45) is 7.05 Å². The van der Waals surface area contributed by atoms with Crippen LogP contribution in [0, 0.1) is 11.3 Å². The number of nitrogens with one attached hydrogen (secondary N) is 1. The van der Waals surface area contributed by atoms with Gasteiger partial charge >= 0.3 is 0 Å². The standard InChI is InChI=1S/C13H11Cl2N3/c1-18-8-9(4-11(18)6-16)7-17-13-5-10(14)2-3-12(13)15/h2-5,8,17H,7H2,1H3. The monoisotopic (exact) mass is 279 g/mol. The van der Waals surface area contributed by atoms with Crippen LogP contribution in [-0.2, 0) is 13.6 Å². The molecule has 0 amide bonds. The van der Waals surface area contributed by atoms with Crippen LogP contribution >= 0.6 is 23.2 Å². The number of hydrogen-bond donors (Lipinski definition) is 1. The van der Waals surface area contributed by atoms with Gasteiger partial charge in [0.05, 0.1) is 10.7 Å². The zero-order chi connectivity index (χ0) is 13.1. The van der Waals surface area contributed by atoms with Crippen molar-refractivity contribution in [3.63, 3.8) is 0 Å². The molecule has 0 radical (unpaired) electrons. The minimum absolute atomic E-state index is 0.593. The van der Waals surface area contributed by atoms with Gasteiger partial charge in [-0.15, -0.1) is 0 Å². The highest BCUT2D eigenvalue weighted by Crippen LogP contribution is 2.25. The molecule has 2 aromatic rings. The molecule has 1 aromatic heterocycles. The van der Waals surface area contributed by atoms with Crippen LogP contribution in [0.4, 0.5) is 5.69 Å². The zero-order valence-electron chi connectivity index (χ0n) is 9.74. The van der Waals surface area contributed by atoms with Gasteiger partial charge in [-0.2, -0.15) is 5.26 Å². The van der Waals surface area contributed by atoms with E-state index in [4.69, 9.17) is 28.5 Å². The quantitative estimate of drug-likeness (QED) is 0.928. The van der Waals surface area contributed by atoms with Crippen LogP contribution in [0.15, 0.2) is 30.5 Å². The zero-order valence-corrected chi connectivity index (χ0v) is 11.3. The van der Waals surface area contributed by atoms with Crippen molar-refractivity contribution in [2.45, 2.75) is 6.54 Å². The predicted octanol–water partition coefficient (Wildman–Crippen LogP) is 3.82. The number of halogens is 2. The molecule has 18 heavy (non-hydrogen) atoms. The van der Waals surface area contributed by atoms with E-state index in [0.717, 1.165) is 11.3 Å². The first kappa shape index (κ1) is 12.8. The van der Waals surface area contributed by atoms with E-state index in [2.05, 4.69) is 11.4 Å². The molecule has 0 aliphatic carbocycles. The predicted molar refractivity (Wildman–Crippen MR) is 73.9 cm³/mol. The SMILES string of the molecule is Cn1cc(CNc2cc(Cl)ccc2Cl)cc1C#N. The lowest BCUT2D eigenvalue weighted by atomic mass is 10.2. The van der Waals surface area contributed by atoms with Crippen molar-refractivity contribution in [2.75, 3.05) is 5.32 Å². The summed E-state index contributed by atoms with van der Waals surface area (Å²) < 4.78 is 1.79. The molecule has 2 rings (SSSR count). The molecule has 0 aliphatic rings. The van der Waals surface area contributed by atoms with Crippen LogP contribution in [0.5, 0.6) is 0 Å². The van der Waals surface area contributed by atoms with Crippen LogP contribution in [0.1, 0.15) is 11.3 Å². The highest BCUT2D eigenvalue weighted by atomic mass is 35.5. The van der Waals surface area contributed by atoms with E-state index in [-0.39, 0.29) is 0 Å². The van der Waals surface area contributed by atoms with Gasteiger partial charge in [-0.1, -0.05) is 23.2 Å². The molecule has 0 fully saturated rings. The number of aromatic nitrogens is 1. The summed E-state index contributed by atoms with van der Waals surface area (Å²) in [7, 11) is 1.84. The molecule has 0 bridgehead atoms. The van der Waals surface area contributed by atoms with E-state index in [1.54, 1.807) is 22.8 Å². The highest BCUT2D eigenvalue weighted by Gasteiger charge is 2.04. The lowest BCUT2D eigenvalue weighted by Gasteiger charge is -2.07. The Kier molecular flexibility index (Phi) is 3.81. The van der Waals surface area contributed by atoms with Crippen LogP contribution in [0.2, 0.25) is 10.0 Å². The van der Waals surface area contributed by atoms with E-state index in [9.17, 15) is 0 Å². The molecule has 1 heterocycles. The Labute approximate surface area is 116 Å². The second-order valence-electron chi connectivity index (χ2n) is 3.93. The largest absolute Gasteiger partial charge is 0.380 e. The lowest BCUT2D eigenvalue weighted by molar-refractivity contribution is 0.902. The molecule has 0 spiro atoms. The van der Waals surface area contributed by atoms with Gasteiger partial charge in [-0.3, -0.25) is 0 Å². The third kappa shape index (κ3) is 2.79. The summed E-state index contributed by atoms with van der Waals surface area (Å²) in [6.07, 6.45) is 1.91. The van der Waals surface area contributed by atoms with Crippen molar-refractivity contribution < 1.29 is 0 Å². The fourth-order valence-electron chi connectivity index (χ4n) is 1.67. The fourth-order valence-corrected chi connectivity index (χ4v) is 2.03. The topological polar surface area (TPSA) is 40.8 Å². The average Bonchev–Trinajstić information content (AvgIpc) is 2.71. The first-order valence-electron chi connectivity index (χ1n) is 5.34. The summed E-state index contributed by atoms with van der Waals surface area (Å²) in [4.78, 5) is 0. The van der Waals surface area contributed by atoms with E-state index >= 15 is 0 Å². The molecular weight excluding hydrogens is 269 g/mol. The number of anilines is 1. The van der Waals surface area contributed by atoms with E-state index < -0.39 is 0 Å². The number of rotatable bonds is 3. The fraction of sp³-hybridized carbons (Fsp3) is 0.154. The van der Waals surface area contributed by atoms with Gasteiger partial charge in [0, 0.05) is 24.8 Å². The minimum atomic E-state index is 0.593. The van der Waals surface area contributed by atoms with Crippen LogP contribution in [0.3, 0.4) is 0 Å². The van der Waals surface area contributed by atoms with Gasteiger partial charge in [0.2, 0.25) is 0 Å². The molecule has 0 saturated carbocycles. The van der Waals surface area contributed by atoms with Gasteiger partial charge in [-0.05, 0) is 29.8 Å². The van der Waals surface area contributed by atoms with Crippen LogP contribution in [-0.4, -0.2) is 4.57 Å². The molecule has 0 aliphatic heterocycles. The number of aryl methyl sites for hydroxylation is 1. The van der Waals surface area contributed by atoms with Crippen molar-refractivity contribution in [3.05, 3.63) is 51.8 Å². The van der Waals surface area contributed by atoms with E-state index in [1.165, 1.54) is 0 Å². The first-order valence-corrected chi connectivity index (χ1v) is 6.10. The Balaban J connectivity index is 2.11. The Morgan fingerprint density at radius 3 is 2.78 bits per heavy atom. The summed E-state index contributed by atoms with van der Waals surface area (Å²) in [6.45, 7) is 0.593. The molecule has 3 nitrogen and oxygen atoms in total. The molecule has 1 N–H and O–H groups in total. The number of hydrogen-bond acceptors (Lipinski definition) is 2. The van der Waals surface area contributed by atoms with E-state index in [1.807, 2.05) is 19.3 Å². The summed E-state index contributed by atoms with van der Waals surface area (Å²) >= 11 is 12.0. The molecule has 1 aromatic carbocycles. The number of benzene rings is 1.